The highest BCUT2D eigenvalue weighted by Crippen LogP contribution is 2.23. The number of carbonyl (C=O) groups excluding carboxylic acids is 1. The molecule has 4 heterocycles. The number of nitrogens with zero attached hydrogens (tertiary/aromatic N) is 7. The van der Waals surface area contributed by atoms with Crippen LogP contribution in [0.15, 0.2) is 22.9 Å². The van der Waals surface area contributed by atoms with Gasteiger partial charge in [-0.1, -0.05) is 0 Å². The third kappa shape index (κ3) is 2.58. The molecule has 4 rings (SSSR count). The standard InChI is InChI=1S/C15H16BrN7O/c1-9-5-10(2)23-15(18-9)19-13(20-23)14(24)21-4-3-12(8-21)22-7-11(16)6-17-22/h5-7,12H,3-4,8H2,1-2H3. The predicted octanol–water partition coefficient (Wildman–Crippen LogP) is 1.79. The van der Waals surface area contributed by atoms with Crippen LogP contribution in [-0.4, -0.2) is 53.3 Å². The van der Waals surface area contributed by atoms with Crippen LogP contribution in [0.5, 0.6) is 0 Å². The van der Waals surface area contributed by atoms with Crippen LogP contribution >= 0.6 is 15.9 Å². The van der Waals surface area contributed by atoms with Crippen molar-refractivity contribution in [1.29, 1.82) is 0 Å². The van der Waals surface area contributed by atoms with E-state index < -0.39 is 0 Å². The molecule has 3 aromatic heterocycles. The molecule has 1 aliphatic rings. The number of aromatic nitrogens is 6. The lowest BCUT2D eigenvalue weighted by Crippen LogP contribution is -2.30. The Labute approximate surface area is 146 Å². The van der Waals surface area contributed by atoms with E-state index in [-0.39, 0.29) is 17.8 Å². The summed E-state index contributed by atoms with van der Waals surface area (Å²) < 4.78 is 4.44. The topological polar surface area (TPSA) is 81.2 Å². The zero-order valence-corrected chi connectivity index (χ0v) is 14.9. The zero-order valence-electron chi connectivity index (χ0n) is 13.3. The van der Waals surface area contributed by atoms with E-state index in [0.717, 1.165) is 22.3 Å². The van der Waals surface area contributed by atoms with Crippen LogP contribution in [0.2, 0.25) is 0 Å². The molecular weight excluding hydrogens is 374 g/mol. The summed E-state index contributed by atoms with van der Waals surface area (Å²) in [6.45, 7) is 5.10. The van der Waals surface area contributed by atoms with E-state index >= 15 is 0 Å². The fraction of sp³-hybridized carbons (Fsp3) is 0.400. The third-order valence-corrected chi connectivity index (χ3v) is 4.61. The Morgan fingerprint density at radius 3 is 2.92 bits per heavy atom. The first-order valence-electron chi connectivity index (χ1n) is 7.71. The van der Waals surface area contributed by atoms with Crippen LogP contribution in [0, 0.1) is 13.8 Å². The molecule has 0 saturated carbocycles. The highest BCUT2D eigenvalue weighted by molar-refractivity contribution is 9.10. The number of hydrogen-bond donors (Lipinski definition) is 0. The van der Waals surface area contributed by atoms with Crippen molar-refractivity contribution in [1.82, 2.24) is 34.3 Å². The molecule has 24 heavy (non-hydrogen) atoms. The summed E-state index contributed by atoms with van der Waals surface area (Å²) in [5, 5.41) is 8.63. The monoisotopic (exact) mass is 389 g/mol. The summed E-state index contributed by atoms with van der Waals surface area (Å²) >= 11 is 3.40. The number of aryl methyl sites for hydroxylation is 2. The summed E-state index contributed by atoms with van der Waals surface area (Å²) in [5.41, 5.74) is 1.77. The van der Waals surface area contributed by atoms with Gasteiger partial charge in [0.2, 0.25) is 5.82 Å². The Kier molecular flexibility index (Phi) is 3.60. The summed E-state index contributed by atoms with van der Waals surface area (Å²) in [5.74, 6) is 0.493. The van der Waals surface area contributed by atoms with E-state index in [1.807, 2.05) is 30.8 Å². The van der Waals surface area contributed by atoms with Gasteiger partial charge in [-0.15, -0.1) is 5.10 Å². The van der Waals surface area contributed by atoms with Gasteiger partial charge in [0.25, 0.3) is 11.7 Å². The lowest BCUT2D eigenvalue weighted by atomic mass is 10.3. The summed E-state index contributed by atoms with van der Waals surface area (Å²) in [6, 6.07) is 2.09. The molecule has 1 fully saturated rings. The van der Waals surface area contributed by atoms with Crippen LogP contribution in [-0.2, 0) is 0 Å². The van der Waals surface area contributed by atoms with Crippen molar-refractivity contribution in [2.75, 3.05) is 13.1 Å². The fourth-order valence-corrected chi connectivity index (χ4v) is 3.36. The van der Waals surface area contributed by atoms with E-state index in [4.69, 9.17) is 0 Å². The SMILES string of the molecule is Cc1cc(C)n2nc(C(=O)N3CCC(n4cc(Br)cn4)C3)nc2n1. The molecule has 1 unspecified atom stereocenters. The average Bonchev–Trinajstić information content (AvgIpc) is 3.24. The van der Waals surface area contributed by atoms with Gasteiger partial charge in [0.15, 0.2) is 0 Å². The zero-order chi connectivity index (χ0) is 16.8. The molecule has 0 bridgehead atoms. The van der Waals surface area contributed by atoms with Crippen molar-refractivity contribution >= 4 is 27.6 Å². The van der Waals surface area contributed by atoms with E-state index in [0.29, 0.717) is 18.9 Å². The van der Waals surface area contributed by atoms with Gasteiger partial charge < -0.3 is 4.90 Å². The smallest absolute Gasteiger partial charge is 0.293 e. The second-order valence-electron chi connectivity index (χ2n) is 6.02. The maximum Gasteiger partial charge on any atom is 0.293 e. The number of amides is 1. The normalized spacial score (nSPS) is 17.8. The second kappa shape index (κ2) is 5.66. The van der Waals surface area contributed by atoms with Crippen LogP contribution in [0.25, 0.3) is 5.78 Å². The molecule has 9 heteroatoms. The van der Waals surface area contributed by atoms with Crippen molar-refractivity contribution in [3.8, 4) is 0 Å². The number of carbonyl (C=O) groups is 1. The van der Waals surface area contributed by atoms with Gasteiger partial charge >= 0.3 is 0 Å². The molecule has 0 N–H and O–H groups in total. The highest BCUT2D eigenvalue weighted by atomic mass is 79.9. The molecule has 0 aromatic carbocycles. The van der Waals surface area contributed by atoms with E-state index in [1.54, 1.807) is 15.6 Å². The second-order valence-corrected chi connectivity index (χ2v) is 6.93. The van der Waals surface area contributed by atoms with Crippen molar-refractivity contribution in [3.63, 3.8) is 0 Å². The largest absolute Gasteiger partial charge is 0.334 e. The minimum Gasteiger partial charge on any atom is -0.334 e. The van der Waals surface area contributed by atoms with Crippen molar-refractivity contribution in [3.05, 3.63) is 40.1 Å². The number of likely N-dealkylation sites (tertiary alicyclic amines) is 1. The van der Waals surface area contributed by atoms with Gasteiger partial charge in [0.05, 0.1) is 16.7 Å². The Morgan fingerprint density at radius 2 is 2.17 bits per heavy atom. The fourth-order valence-electron chi connectivity index (χ4n) is 3.06. The first-order chi connectivity index (χ1) is 11.5. The highest BCUT2D eigenvalue weighted by Gasteiger charge is 2.30. The molecule has 1 saturated heterocycles. The summed E-state index contributed by atoms with van der Waals surface area (Å²) in [4.78, 5) is 23.1. The van der Waals surface area contributed by atoms with Gasteiger partial charge in [-0.05, 0) is 42.3 Å². The number of rotatable bonds is 2. The lowest BCUT2D eigenvalue weighted by molar-refractivity contribution is 0.0775. The Balaban J connectivity index is 1.57. The molecule has 1 amide bonds. The van der Waals surface area contributed by atoms with Crippen molar-refractivity contribution < 1.29 is 4.79 Å². The van der Waals surface area contributed by atoms with Gasteiger partial charge in [-0.25, -0.2) is 9.50 Å². The van der Waals surface area contributed by atoms with E-state index in [9.17, 15) is 4.79 Å². The van der Waals surface area contributed by atoms with Crippen LogP contribution in [0.1, 0.15) is 34.5 Å². The maximum atomic E-state index is 12.7. The quantitative estimate of drug-likeness (QED) is 0.667. The summed E-state index contributed by atoms with van der Waals surface area (Å²) in [6.07, 6.45) is 4.55. The molecule has 1 atom stereocenters. The molecule has 124 valence electrons. The molecule has 0 spiro atoms. The maximum absolute atomic E-state index is 12.7. The first kappa shape index (κ1) is 15.3. The summed E-state index contributed by atoms with van der Waals surface area (Å²) in [7, 11) is 0. The predicted molar refractivity (Wildman–Crippen MR) is 89.7 cm³/mol. The van der Waals surface area contributed by atoms with E-state index in [1.165, 1.54) is 0 Å². The number of fused-ring (bicyclic) bond motifs is 1. The van der Waals surface area contributed by atoms with Gasteiger partial charge in [0.1, 0.15) is 0 Å². The molecule has 8 nitrogen and oxygen atoms in total. The Hall–Kier alpha value is -2.29. The lowest BCUT2D eigenvalue weighted by Gasteiger charge is -2.14. The number of hydrogen-bond acceptors (Lipinski definition) is 5. The van der Waals surface area contributed by atoms with Crippen LogP contribution in [0.4, 0.5) is 0 Å². The third-order valence-electron chi connectivity index (χ3n) is 4.20. The molecular formula is C15H16BrN7O. The van der Waals surface area contributed by atoms with E-state index in [2.05, 4.69) is 36.1 Å². The van der Waals surface area contributed by atoms with Gasteiger partial charge in [-0.2, -0.15) is 10.1 Å². The van der Waals surface area contributed by atoms with Gasteiger partial charge in [-0.3, -0.25) is 9.48 Å². The minimum atomic E-state index is -0.161. The number of halogens is 1. The first-order valence-corrected chi connectivity index (χ1v) is 8.50. The van der Waals surface area contributed by atoms with Crippen LogP contribution in [0.3, 0.4) is 0 Å². The Bertz CT molecular complexity index is 931. The molecule has 0 radical (unpaired) electrons. The Morgan fingerprint density at radius 1 is 1.33 bits per heavy atom. The van der Waals surface area contributed by atoms with Crippen molar-refractivity contribution in [2.45, 2.75) is 26.3 Å². The van der Waals surface area contributed by atoms with Crippen LogP contribution < -0.4 is 0 Å². The molecule has 1 aliphatic heterocycles. The van der Waals surface area contributed by atoms with Crippen molar-refractivity contribution in [2.24, 2.45) is 0 Å². The average molecular weight is 390 g/mol. The molecule has 3 aromatic rings. The molecule has 0 aliphatic carbocycles. The minimum absolute atomic E-state index is 0.161. The van der Waals surface area contributed by atoms with Gasteiger partial charge in [0, 0.05) is 30.7 Å².